The highest BCUT2D eigenvalue weighted by Gasteiger charge is 2.32. The molecule has 0 saturated carbocycles. The molecular weight excluding hydrogens is 224 g/mol. The number of benzene rings is 1. The Morgan fingerprint density at radius 2 is 2.17 bits per heavy atom. The van der Waals surface area contributed by atoms with Crippen molar-refractivity contribution in [1.29, 1.82) is 0 Å². The van der Waals surface area contributed by atoms with Crippen molar-refractivity contribution in [3.05, 3.63) is 41.5 Å². The number of rotatable bonds is 2. The number of allylic oxidation sites excluding steroid dienone is 1. The van der Waals surface area contributed by atoms with E-state index in [-0.39, 0.29) is 5.92 Å². The highest BCUT2D eigenvalue weighted by Crippen LogP contribution is 2.40. The lowest BCUT2D eigenvalue weighted by atomic mass is 9.77. The maximum Gasteiger partial charge on any atom is 0.144 e. The van der Waals surface area contributed by atoms with Crippen LogP contribution in [0.25, 0.3) is 0 Å². The van der Waals surface area contributed by atoms with Crippen LogP contribution in [-0.4, -0.2) is 17.8 Å². The Morgan fingerprint density at radius 1 is 1.44 bits per heavy atom. The topological polar surface area (TPSA) is 29.5 Å². The quantitative estimate of drug-likeness (QED) is 0.638. The first kappa shape index (κ1) is 12.7. The maximum atomic E-state index is 10.3. The van der Waals surface area contributed by atoms with Crippen molar-refractivity contribution < 1.29 is 9.84 Å². The molecule has 0 saturated heterocycles. The second-order valence-electron chi connectivity index (χ2n) is 4.91. The van der Waals surface area contributed by atoms with E-state index >= 15 is 0 Å². The Labute approximate surface area is 108 Å². The highest BCUT2D eigenvalue weighted by molar-refractivity contribution is 5.40. The first-order valence-corrected chi connectivity index (χ1v) is 6.09. The van der Waals surface area contributed by atoms with Gasteiger partial charge in [-0.1, -0.05) is 29.7 Å². The molecule has 1 N–H and O–H groups in total. The number of hydrogen-bond donors (Lipinski definition) is 1. The molecule has 2 atom stereocenters. The number of hydrogen-bond acceptors (Lipinski definition) is 2. The molecule has 0 amide bonds. The summed E-state index contributed by atoms with van der Waals surface area (Å²) in [5.41, 5.74) is 1.10. The molecule has 0 heterocycles. The van der Waals surface area contributed by atoms with Gasteiger partial charge in [-0.05, 0) is 43.4 Å². The molecule has 2 heteroatoms. The number of aliphatic hydroxyl groups is 1. The predicted octanol–water partition coefficient (Wildman–Crippen LogP) is 2.88. The third-order valence-corrected chi connectivity index (χ3v) is 3.44. The lowest BCUT2D eigenvalue weighted by Crippen LogP contribution is -2.30. The SMILES string of the molecule is C#CC1(O)C=C(C)CC(c2ccccc2OC)C1. The van der Waals surface area contributed by atoms with Gasteiger partial charge in [0, 0.05) is 0 Å². The number of para-hydroxylation sites is 1. The molecule has 1 aliphatic carbocycles. The van der Waals surface area contributed by atoms with Crippen LogP contribution >= 0.6 is 0 Å². The van der Waals surface area contributed by atoms with Crippen LogP contribution in [0.4, 0.5) is 0 Å². The van der Waals surface area contributed by atoms with E-state index in [4.69, 9.17) is 11.2 Å². The zero-order valence-electron chi connectivity index (χ0n) is 10.8. The summed E-state index contributed by atoms with van der Waals surface area (Å²) >= 11 is 0. The molecule has 0 radical (unpaired) electrons. The normalized spacial score (nSPS) is 27.2. The lowest BCUT2D eigenvalue weighted by Gasteiger charge is -2.31. The molecule has 0 aliphatic heterocycles. The molecule has 2 unspecified atom stereocenters. The molecule has 0 aromatic heterocycles. The van der Waals surface area contributed by atoms with E-state index in [1.807, 2.05) is 31.2 Å². The molecule has 0 spiro atoms. The van der Waals surface area contributed by atoms with E-state index in [0.717, 1.165) is 23.3 Å². The van der Waals surface area contributed by atoms with E-state index < -0.39 is 5.60 Å². The van der Waals surface area contributed by atoms with Gasteiger partial charge in [0.1, 0.15) is 11.4 Å². The summed E-state index contributed by atoms with van der Waals surface area (Å²) in [6, 6.07) is 7.92. The zero-order valence-corrected chi connectivity index (χ0v) is 10.8. The minimum Gasteiger partial charge on any atom is -0.496 e. The van der Waals surface area contributed by atoms with Crippen LogP contribution < -0.4 is 4.74 Å². The summed E-state index contributed by atoms with van der Waals surface area (Å²) in [5, 5.41) is 10.3. The highest BCUT2D eigenvalue weighted by atomic mass is 16.5. The minimum absolute atomic E-state index is 0.201. The van der Waals surface area contributed by atoms with Crippen molar-refractivity contribution in [1.82, 2.24) is 0 Å². The Kier molecular flexibility index (Phi) is 3.45. The van der Waals surface area contributed by atoms with Crippen LogP contribution in [0.5, 0.6) is 5.75 Å². The summed E-state index contributed by atoms with van der Waals surface area (Å²) in [5.74, 6) is 3.55. The van der Waals surface area contributed by atoms with Gasteiger partial charge in [0.2, 0.25) is 0 Å². The van der Waals surface area contributed by atoms with Gasteiger partial charge in [-0.25, -0.2) is 0 Å². The van der Waals surface area contributed by atoms with Crippen LogP contribution in [0.2, 0.25) is 0 Å². The molecule has 2 nitrogen and oxygen atoms in total. The number of ether oxygens (including phenoxy) is 1. The fraction of sp³-hybridized carbons (Fsp3) is 0.375. The van der Waals surface area contributed by atoms with Gasteiger partial charge in [-0.3, -0.25) is 0 Å². The van der Waals surface area contributed by atoms with Gasteiger partial charge in [-0.15, -0.1) is 6.42 Å². The first-order valence-electron chi connectivity index (χ1n) is 6.09. The van der Waals surface area contributed by atoms with E-state index in [1.165, 1.54) is 0 Å². The molecular formula is C16H18O2. The van der Waals surface area contributed by atoms with Crippen molar-refractivity contribution in [3.63, 3.8) is 0 Å². The Balaban J connectivity index is 2.36. The molecule has 1 aromatic carbocycles. The summed E-state index contributed by atoms with van der Waals surface area (Å²) in [4.78, 5) is 0. The van der Waals surface area contributed by atoms with E-state index in [0.29, 0.717) is 6.42 Å². The van der Waals surface area contributed by atoms with Gasteiger partial charge in [-0.2, -0.15) is 0 Å². The standard InChI is InChI=1S/C16H18O2/c1-4-16(17)10-12(2)9-13(11-16)14-7-5-6-8-15(14)18-3/h1,5-8,10,13,17H,9,11H2,2-3H3. The van der Waals surface area contributed by atoms with Gasteiger partial charge in [0.25, 0.3) is 0 Å². The fourth-order valence-electron chi connectivity index (χ4n) is 2.69. The van der Waals surface area contributed by atoms with Gasteiger partial charge >= 0.3 is 0 Å². The van der Waals surface area contributed by atoms with Crippen LogP contribution in [0.1, 0.15) is 31.2 Å². The monoisotopic (exact) mass is 242 g/mol. The van der Waals surface area contributed by atoms with Crippen LogP contribution in [0.15, 0.2) is 35.9 Å². The minimum atomic E-state index is -1.13. The summed E-state index contributed by atoms with van der Waals surface area (Å²) in [6.07, 6.45) is 8.68. The third kappa shape index (κ3) is 2.42. The molecule has 18 heavy (non-hydrogen) atoms. The van der Waals surface area contributed by atoms with Crippen molar-refractivity contribution in [2.45, 2.75) is 31.3 Å². The second-order valence-corrected chi connectivity index (χ2v) is 4.91. The summed E-state index contributed by atoms with van der Waals surface area (Å²) in [7, 11) is 1.66. The summed E-state index contributed by atoms with van der Waals surface area (Å²) in [6.45, 7) is 2.00. The van der Waals surface area contributed by atoms with Crippen molar-refractivity contribution in [2.75, 3.05) is 7.11 Å². The Hall–Kier alpha value is -1.72. The Bertz CT molecular complexity index is 510. The average Bonchev–Trinajstić information content (AvgIpc) is 2.37. The van der Waals surface area contributed by atoms with Gasteiger partial charge in [0.05, 0.1) is 7.11 Å². The molecule has 0 bridgehead atoms. The number of methoxy groups -OCH3 is 1. The van der Waals surface area contributed by atoms with Crippen molar-refractivity contribution in [2.24, 2.45) is 0 Å². The van der Waals surface area contributed by atoms with Crippen LogP contribution in [0.3, 0.4) is 0 Å². The smallest absolute Gasteiger partial charge is 0.144 e. The second kappa shape index (κ2) is 4.88. The van der Waals surface area contributed by atoms with Gasteiger partial charge in [0.15, 0.2) is 0 Å². The average molecular weight is 242 g/mol. The lowest BCUT2D eigenvalue weighted by molar-refractivity contribution is 0.124. The molecule has 2 rings (SSSR count). The molecule has 1 aliphatic rings. The van der Waals surface area contributed by atoms with Crippen LogP contribution in [-0.2, 0) is 0 Å². The van der Waals surface area contributed by atoms with E-state index in [2.05, 4.69) is 5.92 Å². The number of terminal acetylenes is 1. The molecule has 0 fully saturated rings. The fourth-order valence-corrected chi connectivity index (χ4v) is 2.69. The van der Waals surface area contributed by atoms with E-state index in [9.17, 15) is 5.11 Å². The maximum absolute atomic E-state index is 10.3. The van der Waals surface area contributed by atoms with Crippen molar-refractivity contribution >= 4 is 0 Å². The van der Waals surface area contributed by atoms with Gasteiger partial charge < -0.3 is 9.84 Å². The predicted molar refractivity (Wildman–Crippen MR) is 72.5 cm³/mol. The molecule has 94 valence electrons. The summed E-state index contributed by atoms with van der Waals surface area (Å²) < 4.78 is 5.38. The zero-order chi connectivity index (χ0) is 13.2. The Morgan fingerprint density at radius 3 is 2.83 bits per heavy atom. The van der Waals surface area contributed by atoms with Crippen LogP contribution in [0, 0.1) is 12.3 Å². The molecule has 1 aromatic rings. The largest absolute Gasteiger partial charge is 0.496 e. The first-order chi connectivity index (χ1) is 8.58. The van der Waals surface area contributed by atoms with E-state index in [1.54, 1.807) is 13.2 Å². The third-order valence-electron chi connectivity index (χ3n) is 3.44. The van der Waals surface area contributed by atoms with Crippen molar-refractivity contribution in [3.8, 4) is 18.1 Å².